The molecule has 0 bridgehead atoms. The van der Waals surface area contributed by atoms with Crippen LogP contribution >= 0.6 is 0 Å². The number of hydrogen-bond donors (Lipinski definition) is 0. The van der Waals surface area contributed by atoms with E-state index in [4.69, 9.17) is 0 Å². The smallest absolute Gasteiger partial charge is 0.130 e. The SMILES string of the molecule is C=Cc1ccc(C2(c3ccccc3F)c3ccccc3-c3ccc(N(c4ccc5c(c4)C(c4ccc(C=C)cc4)(c4ccccc4F)c4ccccc4-5)c4cccc5c4C(C)(C)c4cc(-c6ccc7c(c6)C(c6ccc(C=C)cc6)(c6c(F)cccc6F)c6cc(N(c8ccc9c(c8)C(c8ccc(C=C)cc8)(c8c(F)cccc8F)c8ccccc8-9)c8cccc9c8C(C)(C)c8ccccc8-9)ccc6-7)ccc4-5)cc32)cc1. The molecule has 2 nitrogen and oxygen atoms in total. The molecule has 0 saturated carbocycles. The third-order valence-corrected chi connectivity index (χ3v) is 32.8. The summed E-state index contributed by atoms with van der Waals surface area (Å²) in [5, 5.41) is 0. The van der Waals surface area contributed by atoms with Crippen molar-refractivity contribution in [3.8, 4) is 77.9 Å². The van der Waals surface area contributed by atoms with E-state index in [9.17, 15) is 0 Å². The van der Waals surface area contributed by atoms with Crippen molar-refractivity contribution in [1.82, 2.24) is 0 Å². The summed E-state index contributed by atoms with van der Waals surface area (Å²) in [6, 6.07) is 140. The number of rotatable bonds is 19. The lowest BCUT2D eigenvalue weighted by molar-refractivity contribution is 0.526. The van der Waals surface area contributed by atoms with Gasteiger partial charge < -0.3 is 9.80 Å². The van der Waals surface area contributed by atoms with Gasteiger partial charge in [-0.05, 0) is 298 Å². The second kappa shape index (κ2) is 33.1. The first-order chi connectivity index (χ1) is 71.2. The maximum atomic E-state index is 18.8. The van der Waals surface area contributed by atoms with Gasteiger partial charge in [-0.3, -0.25) is 0 Å². The molecule has 0 fully saturated rings. The van der Waals surface area contributed by atoms with Gasteiger partial charge in [-0.1, -0.05) is 394 Å². The molecular formula is C138H94F6N2. The molecule has 0 radical (unpaired) electrons. The second-order valence-corrected chi connectivity index (χ2v) is 40.4. The quantitative estimate of drug-likeness (QED) is 0.0745. The Labute approximate surface area is 846 Å². The number of halogens is 6. The summed E-state index contributed by atoms with van der Waals surface area (Å²) < 4.78 is 109. The van der Waals surface area contributed by atoms with Gasteiger partial charge in [-0.15, -0.1) is 0 Å². The van der Waals surface area contributed by atoms with Crippen molar-refractivity contribution in [2.75, 3.05) is 9.80 Å². The number of anilines is 6. The fourth-order valence-electron chi connectivity index (χ4n) is 26.6. The first kappa shape index (κ1) is 88.7. The molecule has 0 saturated heterocycles. The van der Waals surface area contributed by atoms with Crippen molar-refractivity contribution < 1.29 is 26.3 Å². The van der Waals surface area contributed by atoms with E-state index in [1.165, 1.54) is 36.4 Å². The van der Waals surface area contributed by atoms with E-state index in [0.29, 0.717) is 55.9 Å². The molecule has 0 aromatic heterocycles. The van der Waals surface area contributed by atoms with Crippen molar-refractivity contribution in [3.05, 3.63) is 619 Å². The Kier molecular flexibility index (Phi) is 20.1. The van der Waals surface area contributed by atoms with Crippen molar-refractivity contribution in [2.24, 2.45) is 0 Å². The van der Waals surface area contributed by atoms with Gasteiger partial charge in [0, 0.05) is 55.8 Å². The molecule has 698 valence electrons. The molecule has 26 rings (SSSR count). The monoisotopic (exact) mass is 1890 g/mol. The molecule has 4 unspecified atom stereocenters. The Morgan fingerprint density at radius 2 is 0.418 bits per heavy atom. The molecule has 20 aromatic carbocycles. The predicted molar refractivity (Wildman–Crippen MR) is 586 cm³/mol. The highest BCUT2D eigenvalue weighted by Crippen LogP contribution is 2.67. The highest BCUT2D eigenvalue weighted by Gasteiger charge is 2.56. The summed E-state index contributed by atoms with van der Waals surface area (Å²) in [5.74, 6) is -3.61. The van der Waals surface area contributed by atoms with Crippen molar-refractivity contribution in [2.45, 2.75) is 60.2 Å². The van der Waals surface area contributed by atoms with E-state index in [1.54, 1.807) is 36.4 Å². The molecule has 146 heavy (non-hydrogen) atoms. The van der Waals surface area contributed by atoms with Gasteiger partial charge in [0.15, 0.2) is 0 Å². The minimum absolute atomic E-state index is 0.117. The van der Waals surface area contributed by atoms with E-state index >= 15 is 26.3 Å². The first-order valence-electron chi connectivity index (χ1n) is 49.7. The van der Waals surface area contributed by atoms with E-state index in [2.05, 4.69) is 319 Å². The van der Waals surface area contributed by atoms with Crippen LogP contribution in [0.25, 0.3) is 102 Å². The Hall–Kier alpha value is -17.5. The van der Waals surface area contributed by atoms with Crippen LogP contribution in [-0.2, 0) is 32.5 Å². The van der Waals surface area contributed by atoms with Gasteiger partial charge >= 0.3 is 0 Å². The zero-order valence-electron chi connectivity index (χ0n) is 80.7. The lowest BCUT2D eigenvalue weighted by Gasteiger charge is -2.37. The number of benzene rings is 20. The molecule has 0 N–H and O–H groups in total. The average molecular weight is 1890 g/mol. The second-order valence-electron chi connectivity index (χ2n) is 40.4. The summed E-state index contributed by atoms with van der Waals surface area (Å²) in [7, 11) is 0. The maximum absolute atomic E-state index is 18.8. The third kappa shape index (κ3) is 12.3. The summed E-state index contributed by atoms with van der Waals surface area (Å²) in [5.41, 5.74) is 28.0. The average Bonchev–Trinajstić information content (AvgIpc) is 1.52. The highest BCUT2D eigenvalue weighted by molar-refractivity contribution is 6.01. The van der Waals surface area contributed by atoms with Crippen LogP contribution in [0.5, 0.6) is 0 Å². The largest absolute Gasteiger partial charge is 0.310 e. The van der Waals surface area contributed by atoms with Crippen molar-refractivity contribution >= 4 is 58.4 Å². The number of fused-ring (bicyclic) bond motifs is 18. The van der Waals surface area contributed by atoms with Gasteiger partial charge in [-0.2, -0.15) is 0 Å². The molecule has 8 heteroatoms. The van der Waals surface area contributed by atoms with Gasteiger partial charge in [0.2, 0.25) is 0 Å². The molecular weight excluding hydrogens is 1800 g/mol. The molecule has 0 spiro atoms. The Bertz CT molecular complexity index is 8750. The molecule has 6 aliphatic carbocycles. The molecule has 20 aromatic rings. The lowest BCUT2D eigenvalue weighted by Crippen LogP contribution is -2.32. The molecule has 0 heterocycles. The van der Waals surface area contributed by atoms with Crippen molar-refractivity contribution in [1.29, 1.82) is 0 Å². The Morgan fingerprint density at radius 1 is 0.185 bits per heavy atom. The minimum Gasteiger partial charge on any atom is -0.310 e. The van der Waals surface area contributed by atoms with Crippen LogP contribution in [0.4, 0.5) is 60.5 Å². The fourth-order valence-corrected chi connectivity index (χ4v) is 26.6. The summed E-state index contributed by atoms with van der Waals surface area (Å²) in [6.07, 6.45) is 7.18. The fraction of sp³-hybridized carbons (Fsp3) is 0.0725. The topological polar surface area (TPSA) is 6.48 Å². The minimum atomic E-state index is -1.75. The maximum Gasteiger partial charge on any atom is 0.130 e. The van der Waals surface area contributed by atoms with Crippen LogP contribution in [0.15, 0.2) is 451 Å². The zero-order chi connectivity index (χ0) is 99.3. The van der Waals surface area contributed by atoms with Crippen LogP contribution in [0, 0.1) is 34.9 Å². The van der Waals surface area contributed by atoms with Crippen LogP contribution in [-0.4, -0.2) is 0 Å². The molecule has 0 amide bonds. The summed E-state index contributed by atoms with van der Waals surface area (Å²) in [6.45, 7) is 25.7. The van der Waals surface area contributed by atoms with Crippen LogP contribution in [0.2, 0.25) is 0 Å². The van der Waals surface area contributed by atoms with Gasteiger partial charge in [-0.25, -0.2) is 26.3 Å². The zero-order valence-corrected chi connectivity index (χ0v) is 80.7. The third-order valence-electron chi connectivity index (χ3n) is 32.8. The predicted octanol–water partition coefficient (Wildman–Crippen LogP) is 35.8. The highest BCUT2D eigenvalue weighted by atomic mass is 19.2. The first-order valence-corrected chi connectivity index (χ1v) is 49.7. The Morgan fingerprint density at radius 3 is 0.760 bits per heavy atom. The number of hydrogen-bond acceptors (Lipinski definition) is 2. The van der Waals surface area contributed by atoms with Crippen molar-refractivity contribution in [3.63, 3.8) is 0 Å². The normalized spacial score (nSPS) is 17.3. The van der Waals surface area contributed by atoms with E-state index in [1.807, 2.05) is 121 Å². The van der Waals surface area contributed by atoms with Crippen LogP contribution in [0.3, 0.4) is 0 Å². The summed E-state index contributed by atoms with van der Waals surface area (Å²) >= 11 is 0. The molecule has 4 atom stereocenters. The number of nitrogens with zero attached hydrogens (tertiary/aromatic N) is 2. The van der Waals surface area contributed by atoms with E-state index < -0.39 is 55.8 Å². The van der Waals surface area contributed by atoms with Gasteiger partial charge in [0.05, 0.1) is 33.0 Å². The van der Waals surface area contributed by atoms with E-state index in [-0.39, 0.29) is 22.8 Å². The van der Waals surface area contributed by atoms with Crippen LogP contribution < -0.4 is 9.80 Å². The molecule has 0 aliphatic heterocycles. The van der Waals surface area contributed by atoms with Gasteiger partial charge in [0.25, 0.3) is 0 Å². The lowest BCUT2D eigenvalue weighted by atomic mass is 9.66. The standard InChI is InChI=1S/C138H94F6N2/c1-9-83-49-59-89(60-50-83)135(113-39-21-23-41-121(113)139)110-36-18-14-29-97(110)102-73-67-93(79-117(102)135)145(94-68-74-103-98-30-15-19-37-111(98)136(118(103)80-94,114-40-22-24-42-122(114)140)90-61-51-84(10-2)52-62-90)128-48-26-34-108-106-72-58-87(77-115(106)134(7,8)130(108)128)88-57-71-101-105-76-70-96(82-120(105)138(116(101)78-88,92-65-55-86(12-4)56-66-92)132-125(143)45-28-46-126(132)144)146(127-47-25-33-107-100-32-13-17-35-109(100)133(5,6)129(107)127)95-69-75-104-99-31-16-20-38-112(99)137(119(104)81-95,91-63-53-85(11-3)54-64-91)131-123(141)43-27-44-124(131)142/h9-82H,1-4H2,5-8H3. The van der Waals surface area contributed by atoms with Crippen LogP contribution in [0.1, 0.15) is 161 Å². The Balaban J connectivity index is 0.677. The molecule has 6 aliphatic rings. The van der Waals surface area contributed by atoms with E-state index in [0.717, 1.165) is 179 Å². The van der Waals surface area contributed by atoms with Gasteiger partial charge in [0.1, 0.15) is 34.9 Å². The summed E-state index contributed by atoms with van der Waals surface area (Å²) in [4.78, 5) is 4.61.